The van der Waals surface area contributed by atoms with E-state index in [0.717, 1.165) is 29.7 Å². The third-order valence-electron chi connectivity index (χ3n) is 8.06. The van der Waals surface area contributed by atoms with Gasteiger partial charge in [-0.05, 0) is 62.1 Å². The van der Waals surface area contributed by atoms with E-state index in [1.807, 2.05) is 13.0 Å². The van der Waals surface area contributed by atoms with Crippen molar-refractivity contribution in [1.82, 2.24) is 24.6 Å². The molecule has 0 radical (unpaired) electrons. The Morgan fingerprint density at radius 1 is 1.21 bits per heavy atom. The SMILES string of the molecule is C[C@H](c1cc(C(=O)Nc2cccc(C3([C@@H](F)c4nncn4C)COC3)c2)nc(C2CC2)c1)N1CC(C)(F)C1. The number of amides is 1. The lowest BCUT2D eigenvalue weighted by molar-refractivity contribution is -0.102. The Labute approximate surface area is 220 Å². The largest absolute Gasteiger partial charge is 0.379 e. The topological polar surface area (TPSA) is 85.2 Å². The summed E-state index contributed by atoms with van der Waals surface area (Å²) in [7, 11) is 1.71. The van der Waals surface area contributed by atoms with Crippen LogP contribution in [0, 0.1) is 0 Å². The molecule has 4 heterocycles. The van der Waals surface area contributed by atoms with Gasteiger partial charge in [0, 0.05) is 43.5 Å². The number of carbonyl (C=O) groups excluding carboxylic acids is 1. The van der Waals surface area contributed by atoms with E-state index < -0.39 is 17.3 Å². The van der Waals surface area contributed by atoms with Crippen molar-refractivity contribution in [2.24, 2.45) is 7.05 Å². The van der Waals surface area contributed by atoms with Crippen molar-refractivity contribution in [2.75, 3.05) is 31.6 Å². The number of rotatable bonds is 8. The molecule has 6 rings (SSSR count). The van der Waals surface area contributed by atoms with Crippen LogP contribution in [0.15, 0.2) is 42.7 Å². The smallest absolute Gasteiger partial charge is 0.274 e. The van der Waals surface area contributed by atoms with Gasteiger partial charge < -0.3 is 14.6 Å². The van der Waals surface area contributed by atoms with Crippen molar-refractivity contribution < 1.29 is 18.3 Å². The van der Waals surface area contributed by atoms with Crippen molar-refractivity contribution in [3.05, 3.63) is 71.1 Å². The molecular weight excluding hydrogens is 490 g/mol. The highest BCUT2D eigenvalue weighted by Crippen LogP contribution is 2.46. The summed E-state index contributed by atoms with van der Waals surface area (Å²) in [4.78, 5) is 20.1. The zero-order valence-electron chi connectivity index (χ0n) is 21.8. The monoisotopic (exact) mass is 522 g/mol. The average molecular weight is 523 g/mol. The summed E-state index contributed by atoms with van der Waals surface area (Å²) in [5.74, 6) is 0.266. The van der Waals surface area contributed by atoms with E-state index in [1.165, 1.54) is 6.33 Å². The lowest BCUT2D eigenvalue weighted by Gasteiger charge is -2.46. The maximum absolute atomic E-state index is 15.7. The molecule has 2 aliphatic heterocycles. The first-order valence-corrected chi connectivity index (χ1v) is 13.1. The summed E-state index contributed by atoms with van der Waals surface area (Å²) < 4.78 is 36.9. The summed E-state index contributed by atoms with van der Waals surface area (Å²) >= 11 is 0. The standard InChI is InChI=1S/C28H32F2N6O2/c1-17(36-12-27(2,30)13-36)19-9-22(18-7-8-18)33-23(10-19)26(37)32-21-6-4-5-20(11-21)28(14-38-15-28)24(29)25-34-31-16-35(25)3/h4-6,9-11,16-18,24H,7-8,12-15H2,1-3H3,(H,32,37)/t17-,24+/m1/s1. The van der Waals surface area contributed by atoms with Crippen LogP contribution in [-0.4, -0.2) is 62.5 Å². The van der Waals surface area contributed by atoms with Gasteiger partial charge in [-0.2, -0.15) is 0 Å². The molecule has 38 heavy (non-hydrogen) atoms. The van der Waals surface area contributed by atoms with Crippen molar-refractivity contribution in [2.45, 2.75) is 55.9 Å². The molecule has 2 aromatic heterocycles. The number of nitrogens with zero attached hydrogens (tertiary/aromatic N) is 5. The molecule has 0 unspecified atom stereocenters. The summed E-state index contributed by atoms with van der Waals surface area (Å²) in [5.41, 5.74) is 1.40. The van der Waals surface area contributed by atoms with E-state index in [4.69, 9.17) is 4.74 Å². The molecule has 3 aliphatic rings. The lowest BCUT2D eigenvalue weighted by atomic mass is 9.74. The van der Waals surface area contributed by atoms with Gasteiger partial charge in [-0.15, -0.1) is 10.2 Å². The molecule has 10 heteroatoms. The molecule has 2 atom stereocenters. The number of ether oxygens (including phenoxy) is 1. The molecule has 1 N–H and O–H groups in total. The number of carbonyl (C=O) groups is 1. The van der Waals surface area contributed by atoms with E-state index in [1.54, 1.807) is 42.8 Å². The van der Waals surface area contributed by atoms with Crippen LogP contribution in [-0.2, 0) is 17.2 Å². The van der Waals surface area contributed by atoms with Gasteiger partial charge in [0.15, 0.2) is 12.0 Å². The Morgan fingerprint density at radius 3 is 2.58 bits per heavy atom. The van der Waals surface area contributed by atoms with Crippen molar-refractivity contribution in [3.8, 4) is 0 Å². The van der Waals surface area contributed by atoms with E-state index >= 15 is 4.39 Å². The van der Waals surface area contributed by atoms with Crippen LogP contribution in [0.4, 0.5) is 14.5 Å². The first kappa shape index (κ1) is 25.1. The minimum Gasteiger partial charge on any atom is -0.379 e. The van der Waals surface area contributed by atoms with Crippen LogP contribution in [0.3, 0.4) is 0 Å². The number of likely N-dealkylation sites (tertiary alicyclic amines) is 1. The van der Waals surface area contributed by atoms with Crippen molar-refractivity contribution in [1.29, 1.82) is 0 Å². The molecular formula is C28H32F2N6O2. The second-order valence-corrected chi connectivity index (χ2v) is 11.3. The molecule has 3 fully saturated rings. The molecule has 200 valence electrons. The Balaban J connectivity index is 1.24. The third kappa shape index (κ3) is 4.49. The summed E-state index contributed by atoms with van der Waals surface area (Å²) in [6.07, 6.45) is 2.17. The van der Waals surface area contributed by atoms with Gasteiger partial charge in [-0.3, -0.25) is 9.69 Å². The zero-order valence-corrected chi connectivity index (χ0v) is 21.8. The number of alkyl halides is 2. The maximum atomic E-state index is 15.7. The number of aryl methyl sites for hydroxylation is 1. The Hall–Kier alpha value is -3.24. The van der Waals surface area contributed by atoms with E-state index in [9.17, 15) is 9.18 Å². The first-order valence-electron chi connectivity index (χ1n) is 13.1. The number of pyridine rings is 1. The second kappa shape index (κ2) is 9.20. The number of hydrogen-bond acceptors (Lipinski definition) is 6. The predicted octanol–water partition coefficient (Wildman–Crippen LogP) is 4.42. The van der Waals surface area contributed by atoms with Crippen LogP contribution in [0.2, 0.25) is 0 Å². The Morgan fingerprint density at radius 2 is 1.97 bits per heavy atom. The molecule has 1 aromatic carbocycles. The normalized spacial score (nSPS) is 21.7. The lowest BCUT2D eigenvalue weighted by Crippen LogP contribution is -2.57. The van der Waals surface area contributed by atoms with Gasteiger partial charge >= 0.3 is 0 Å². The minimum absolute atomic E-state index is 0.0187. The predicted molar refractivity (Wildman–Crippen MR) is 137 cm³/mol. The molecule has 8 nitrogen and oxygen atoms in total. The Bertz CT molecular complexity index is 1360. The highest BCUT2D eigenvalue weighted by atomic mass is 19.1. The van der Waals surface area contributed by atoms with Gasteiger partial charge in [0.1, 0.15) is 17.7 Å². The van der Waals surface area contributed by atoms with Gasteiger partial charge in [0.25, 0.3) is 5.91 Å². The highest BCUT2D eigenvalue weighted by molar-refractivity contribution is 6.03. The van der Waals surface area contributed by atoms with Crippen LogP contribution >= 0.6 is 0 Å². The molecule has 1 amide bonds. The highest BCUT2D eigenvalue weighted by Gasteiger charge is 2.50. The Kier molecular flexibility index (Phi) is 6.07. The minimum atomic E-state index is -1.41. The quantitative estimate of drug-likeness (QED) is 0.471. The number of nitrogens with one attached hydrogen (secondary N) is 1. The first-order chi connectivity index (χ1) is 18.1. The maximum Gasteiger partial charge on any atom is 0.274 e. The number of benzene rings is 1. The molecule has 0 spiro atoms. The van der Waals surface area contributed by atoms with Crippen LogP contribution in [0.5, 0.6) is 0 Å². The summed E-state index contributed by atoms with van der Waals surface area (Å²) in [5, 5.41) is 10.7. The molecule has 1 saturated carbocycles. The molecule has 0 bridgehead atoms. The fourth-order valence-corrected chi connectivity index (χ4v) is 5.46. The molecule has 3 aromatic rings. The molecule has 1 aliphatic carbocycles. The van der Waals surface area contributed by atoms with Gasteiger partial charge in [0.2, 0.25) is 0 Å². The van der Waals surface area contributed by atoms with Gasteiger partial charge in [-0.25, -0.2) is 13.8 Å². The van der Waals surface area contributed by atoms with Gasteiger partial charge in [-0.1, -0.05) is 12.1 Å². The number of halogens is 2. The summed E-state index contributed by atoms with van der Waals surface area (Å²) in [6, 6.07) is 11.1. The number of hydrogen-bond donors (Lipinski definition) is 1. The van der Waals surface area contributed by atoms with Crippen LogP contribution in [0.1, 0.15) is 78.0 Å². The van der Waals surface area contributed by atoms with Crippen molar-refractivity contribution in [3.63, 3.8) is 0 Å². The van der Waals surface area contributed by atoms with Crippen LogP contribution in [0.25, 0.3) is 0 Å². The van der Waals surface area contributed by atoms with Gasteiger partial charge in [0.05, 0.1) is 18.6 Å². The second-order valence-electron chi connectivity index (χ2n) is 11.3. The van der Waals surface area contributed by atoms with Crippen molar-refractivity contribution >= 4 is 11.6 Å². The number of aromatic nitrogens is 4. The van der Waals surface area contributed by atoms with Crippen LogP contribution < -0.4 is 5.32 Å². The third-order valence-corrected chi connectivity index (χ3v) is 8.06. The molecule has 2 saturated heterocycles. The van der Waals surface area contributed by atoms with E-state index in [2.05, 4.69) is 31.5 Å². The summed E-state index contributed by atoms with van der Waals surface area (Å²) in [6.45, 7) is 4.82. The fraction of sp³-hybridized carbons (Fsp3) is 0.500. The zero-order chi connectivity index (χ0) is 26.7. The van der Waals surface area contributed by atoms with E-state index in [-0.39, 0.29) is 31.0 Å². The number of anilines is 1. The van der Waals surface area contributed by atoms with E-state index in [0.29, 0.717) is 30.4 Å². The average Bonchev–Trinajstić information content (AvgIpc) is 3.61. The fourth-order valence-electron chi connectivity index (χ4n) is 5.46.